The lowest BCUT2D eigenvalue weighted by atomic mass is 9.40. The minimum absolute atomic E-state index is 0.0312. The summed E-state index contributed by atoms with van der Waals surface area (Å²) in [7, 11) is 0. The smallest absolute Gasteiger partial charge is 0.352 e. The first-order valence-electron chi connectivity index (χ1n) is 17.4. The van der Waals surface area contributed by atoms with Crippen molar-refractivity contribution in [1.82, 2.24) is 13.9 Å². The quantitative estimate of drug-likeness (QED) is 0.265. The van der Waals surface area contributed by atoms with Gasteiger partial charge in [0.15, 0.2) is 0 Å². The molecule has 3 fully saturated rings. The fraction of sp³-hybridized carbons (Fsp3) is 0.658. The molecule has 2 aromatic rings. The van der Waals surface area contributed by atoms with Crippen molar-refractivity contribution in [3.63, 3.8) is 0 Å². The molecule has 2 spiro atoms. The predicted molar refractivity (Wildman–Crippen MR) is 176 cm³/mol. The number of benzene rings is 1. The first-order chi connectivity index (χ1) is 21.3. The van der Waals surface area contributed by atoms with E-state index >= 15 is 0 Å². The highest BCUT2D eigenvalue weighted by Gasteiger charge is 2.75. The number of rotatable bonds is 6. The zero-order valence-electron chi connectivity index (χ0n) is 28.2. The van der Waals surface area contributed by atoms with Crippen molar-refractivity contribution in [2.75, 3.05) is 0 Å². The molecule has 10 atom stereocenters. The zero-order chi connectivity index (χ0) is 32.1. The van der Waals surface area contributed by atoms with E-state index in [2.05, 4.69) is 65.8 Å². The van der Waals surface area contributed by atoms with Gasteiger partial charge in [0.1, 0.15) is 6.10 Å². The second-order valence-electron chi connectivity index (χ2n) is 16.1. The van der Waals surface area contributed by atoms with Crippen molar-refractivity contribution in [3.8, 4) is 5.69 Å². The van der Waals surface area contributed by atoms with Gasteiger partial charge >= 0.3 is 17.3 Å². The minimum atomic E-state index is -0.747. The third-order valence-corrected chi connectivity index (χ3v) is 13.8. The number of aromatic nitrogens is 3. The lowest BCUT2D eigenvalue weighted by Crippen LogP contribution is -2.76. The Morgan fingerprint density at radius 2 is 1.60 bits per heavy atom. The van der Waals surface area contributed by atoms with Gasteiger partial charge < -0.3 is 4.74 Å². The Labute approximate surface area is 267 Å². The number of allylic oxidation sites excluding steroid dienone is 4. The van der Waals surface area contributed by atoms with Crippen molar-refractivity contribution in [1.29, 1.82) is 0 Å². The second-order valence-corrected chi connectivity index (χ2v) is 16.1. The lowest BCUT2D eigenvalue weighted by Gasteiger charge is -2.71. The maximum Gasteiger partial charge on any atom is 0.352 e. The van der Waals surface area contributed by atoms with Crippen LogP contribution in [0.4, 0.5) is 0 Å². The molecule has 3 unspecified atom stereocenters. The summed E-state index contributed by atoms with van der Waals surface area (Å²) in [5, 5.41) is 0. The number of esters is 1. The summed E-state index contributed by atoms with van der Waals surface area (Å²) in [5.41, 5.74) is -1.49. The molecule has 0 radical (unpaired) electrons. The van der Waals surface area contributed by atoms with Crippen LogP contribution in [0.25, 0.3) is 5.69 Å². The largest absolute Gasteiger partial charge is 0.462 e. The van der Waals surface area contributed by atoms with Crippen molar-refractivity contribution in [2.24, 2.45) is 46.3 Å². The fourth-order valence-corrected chi connectivity index (χ4v) is 11.3. The van der Waals surface area contributed by atoms with Crippen molar-refractivity contribution in [2.45, 2.75) is 111 Å². The van der Waals surface area contributed by atoms with Crippen LogP contribution in [-0.2, 0) is 20.6 Å². The van der Waals surface area contributed by atoms with Crippen molar-refractivity contribution in [3.05, 3.63) is 75.6 Å². The normalized spacial score (nSPS) is 39.3. The van der Waals surface area contributed by atoms with Crippen LogP contribution in [0.5, 0.6) is 0 Å². The van der Waals surface area contributed by atoms with Gasteiger partial charge in [0.2, 0.25) is 0 Å². The summed E-state index contributed by atoms with van der Waals surface area (Å²) in [6.07, 6.45) is 15.6. The number of nitrogens with zero attached hydrogens (tertiary/aromatic N) is 3. The van der Waals surface area contributed by atoms with Gasteiger partial charge in [0.25, 0.3) is 0 Å². The molecule has 3 heterocycles. The van der Waals surface area contributed by atoms with E-state index in [0.717, 1.165) is 38.5 Å². The number of fused-ring (bicyclic) bond motifs is 1. The van der Waals surface area contributed by atoms with E-state index in [1.54, 1.807) is 0 Å². The molecule has 7 nitrogen and oxygen atoms in total. The Hall–Kier alpha value is -3.09. The van der Waals surface area contributed by atoms with Crippen LogP contribution in [0.2, 0.25) is 0 Å². The summed E-state index contributed by atoms with van der Waals surface area (Å²) in [5.74, 6) is 2.24. The Bertz CT molecular complexity index is 1680. The number of ether oxygens (including phenoxy) is 1. The molecule has 1 aromatic carbocycles. The van der Waals surface area contributed by atoms with Crippen LogP contribution in [0.1, 0.15) is 93.4 Å². The summed E-state index contributed by atoms with van der Waals surface area (Å²) >= 11 is 0. The van der Waals surface area contributed by atoms with Gasteiger partial charge in [-0.05, 0) is 91.6 Å². The summed E-state index contributed by atoms with van der Waals surface area (Å²) in [6, 6.07) is 9.37. The molecular weight excluding hydrogens is 562 g/mol. The van der Waals surface area contributed by atoms with Crippen LogP contribution < -0.4 is 11.4 Å². The van der Waals surface area contributed by atoms with Gasteiger partial charge in [0.05, 0.1) is 16.8 Å². The van der Waals surface area contributed by atoms with E-state index in [1.807, 2.05) is 39.7 Å². The summed E-state index contributed by atoms with van der Waals surface area (Å²) in [6.45, 7) is 15.6. The second kappa shape index (κ2) is 10.2. The topological polar surface area (TPSA) is 75.2 Å². The molecule has 2 bridgehead atoms. The molecule has 6 aliphatic rings. The Balaban J connectivity index is 1.42. The Morgan fingerprint density at radius 1 is 0.889 bits per heavy atom. The molecule has 4 aliphatic carbocycles. The van der Waals surface area contributed by atoms with Gasteiger partial charge in [-0.25, -0.2) is 23.5 Å². The highest BCUT2D eigenvalue weighted by molar-refractivity contribution is 5.66. The van der Waals surface area contributed by atoms with E-state index in [4.69, 9.17) is 4.74 Å². The maximum absolute atomic E-state index is 14.8. The Kier molecular flexibility index (Phi) is 6.93. The van der Waals surface area contributed by atoms with Gasteiger partial charge in [-0.3, -0.25) is 4.79 Å². The zero-order valence-corrected chi connectivity index (χ0v) is 28.2. The molecule has 3 saturated carbocycles. The summed E-state index contributed by atoms with van der Waals surface area (Å²) in [4.78, 5) is 41.7. The molecular formula is C38H51N3O4. The molecule has 1 aromatic heterocycles. The average Bonchev–Trinajstić information content (AvgIpc) is 3.50. The number of carbonyl (C=O) groups is 1. The number of para-hydroxylation sites is 1. The van der Waals surface area contributed by atoms with Gasteiger partial charge in [-0.15, -0.1) is 0 Å². The Morgan fingerprint density at radius 3 is 2.29 bits per heavy atom. The SMILES string of the molecule is CC(=O)O[C@H]1CC[C@]2(C)C3CC[C@]4(C)C([C@H](C)/C=C/[C@H](C)C(C)C)CCC4[C@@]34C=C[C@]2(C1)n1c(=O)n(-c2ccccc2)c(=O)n14. The van der Waals surface area contributed by atoms with Crippen LogP contribution in [0.15, 0.2) is 64.2 Å². The van der Waals surface area contributed by atoms with E-state index < -0.39 is 11.1 Å². The van der Waals surface area contributed by atoms with E-state index in [0.29, 0.717) is 35.8 Å². The number of hydrogen-bond donors (Lipinski definition) is 0. The summed E-state index contributed by atoms with van der Waals surface area (Å²) < 4.78 is 11.0. The standard InChI is InChI=1S/C38H51N3O4/c1-24(2)25(3)13-14-26(4)30-15-16-31-35(30,6)19-18-32-36(7)20-17-29(45-27(5)42)23-37(36)21-22-38(31,32)41-34(44)39(33(43)40(37)41)28-11-9-8-10-12-28/h8-14,21-22,24-26,29-32H,15-20,23H2,1-7H3/b14-13+/t25-,26+,29-,30?,31?,32?,35+,36+,37+,38-/m0/s1. The molecule has 8 rings (SSSR count). The molecule has 0 N–H and O–H groups in total. The minimum Gasteiger partial charge on any atom is -0.462 e. The van der Waals surface area contributed by atoms with Crippen LogP contribution >= 0.6 is 0 Å². The fourth-order valence-electron chi connectivity index (χ4n) is 11.3. The highest BCUT2D eigenvalue weighted by atomic mass is 16.5. The first kappa shape index (κ1) is 30.6. The molecule has 7 heteroatoms. The van der Waals surface area contributed by atoms with Crippen molar-refractivity contribution >= 4 is 5.97 Å². The van der Waals surface area contributed by atoms with E-state index in [1.165, 1.54) is 11.5 Å². The number of hydrogen-bond acceptors (Lipinski definition) is 4. The van der Waals surface area contributed by atoms with Gasteiger partial charge in [-0.2, -0.15) is 0 Å². The van der Waals surface area contributed by atoms with Gasteiger partial charge in [0, 0.05) is 18.8 Å². The predicted octanol–water partition coefficient (Wildman–Crippen LogP) is 6.82. The van der Waals surface area contributed by atoms with Crippen LogP contribution in [0.3, 0.4) is 0 Å². The highest BCUT2D eigenvalue weighted by Crippen LogP contribution is 2.74. The first-order valence-corrected chi connectivity index (χ1v) is 17.4. The third kappa shape index (κ3) is 3.91. The molecule has 0 amide bonds. The number of carbonyl (C=O) groups excluding carboxylic acids is 1. The molecule has 45 heavy (non-hydrogen) atoms. The van der Waals surface area contributed by atoms with E-state index in [-0.39, 0.29) is 46.1 Å². The maximum atomic E-state index is 14.8. The molecule has 2 aliphatic heterocycles. The average molecular weight is 614 g/mol. The van der Waals surface area contributed by atoms with E-state index in [9.17, 15) is 14.4 Å². The monoisotopic (exact) mass is 613 g/mol. The van der Waals surface area contributed by atoms with Crippen molar-refractivity contribution < 1.29 is 9.53 Å². The van der Waals surface area contributed by atoms with Crippen LogP contribution in [0, 0.1) is 46.3 Å². The van der Waals surface area contributed by atoms with Gasteiger partial charge in [-0.1, -0.05) is 84.0 Å². The molecule has 0 saturated heterocycles. The molecule has 242 valence electrons. The third-order valence-electron chi connectivity index (χ3n) is 13.8. The lowest BCUT2D eigenvalue weighted by molar-refractivity contribution is -0.204. The van der Waals surface area contributed by atoms with Crippen LogP contribution in [-0.4, -0.2) is 26.0 Å².